The zero-order valence-corrected chi connectivity index (χ0v) is 21.4. The van der Waals surface area contributed by atoms with Crippen molar-refractivity contribution < 1.29 is 9.26 Å². The number of methoxy groups -OCH3 is 1. The number of nitrogens with zero attached hydrogens (tertiary/aromatic N) is 3. The van der Waals surface area contributed by atoms with Gasteiger partial charge in [-0.15, -0.1) is 0 Å². The van der Waals surface area contributed by atoms with Crippen molar-refractivity contribution in [1.82, 2.24) is 20.4 Å². The summed E-state index contributed by atoms with van der Waals surface area (Å²) < 4.78 is 11.2. The molecule has 1 aromatic heterocycles. The molecule has 0 bridgehead atoms. The molecule has 36 heavy (non-hydrogen) atoms. The average molecular weight is 497 g/mol. The summed E-state index contributed by atoms with van der Waals surface area (Å²) in [5, 5.41) is 8.48. The lowest BCUT2D eigenvalue weighted by molar-refractivity contribution is 0.396. The predicted octanol–water partition coefficient (Wildman–Crippen LogP) is 6.17. The summed E-state index contributed by atoms with van der Waals surface area (Å²) in [6, 6.07) is 26.2. The van der Waals surface area contributed by atoms with Crippen LogP contribution in [-0.2, 0) is 13.0 Å². The lowest BCUT2D eigenvalue weighted by atomic mass is 9.93. The van der Waals surface area contributed by atoms with Gasteiger partial charge < -0.3 is 19.5 Å². The molecule has 0 saturated carbocycles. The molecule has 1 atom stereocenters. The summed E-state index contributed by atoms with van der Waals surface area (Å²) in [6.07, 6.45) is 0.984. The number of aromatic nitrogens is 2. The second-order valence-electron chi connectivity index (χ2n) is 8.70. The monoisotopic (exact) mass is 496 g/mol. The summed E-state index contributed by atoms with van der Waals surface area (Å²) in [7, 11) is 1.67. The van der Waals surface area contributed by atoms with E-state index in [0.29, 0.717) is 23.4 Å². The second-order valence-corrected chi connectivity index (χ2v) is 9.09. The second kappa shape index (κ2) is 10.3. The maximum absolute atomic E-state index is 5.85. The topological polar surface area (TPSA) is 63.4 Å². The van der Waals surface area contributed by atoms with Gasteiger partial charge in [0.1, 0.15) is 5.75 Å². The van der Waals surface area contributed by atoms with Crippen LogP contribution in [0.25, 0.3) is 17.0 Å². The van der Waals surface area contributed by atoms with E-state index in [1.807, 2.05) is 54.6 Å². The van der Waals surface area contributed by atoms with Crippen LogP contribution < -0.4 is 10.1 Å². The Kier molecular flexibility index (Phi) is 6.82. The molecule has 0 amide bonds. The molecule has 0 spiro atoms. The van der Waals surface area contributed by atoms with Crippen molar-refractivity contribution >= 4 is 22.9 Å². The minimum Gasteiger partial charge on any atom is -0.497 e. The first kappa shape index (κ1) is 23.8. The van der Waals surface area contributed by atoms with Crippen LogP contribution in [0, 0.1) is 0 Å². The van der Waals surface area contributed by atoms with Crippen LogP contribution in [0.3, 0.4) is 0 Å². The van der Waals surface area contributed by atoms with Gasteiger partial charge in [0, 0.05) is 17.8 Å². The van der Waals surface area contributed by atoms with Gasteiger partial charge >= 0.3 is 0 Å². The molecule has 0 saturated heterocycles. The fourth-order valence-electron chi connectivity index (χ4n) is 4.40. The minimum atomic E-state index is -0.209. The Morgan fingerprint density at radius 3 is 2.33 bits per heavy atom. The third kappa shape index (κ3) is 4.75. The summed E-state index contributed by atoms with van der Waals surface area (Å²) in [4.78, 5) is 6.87. The molecule has 0 radical (unpaired) electrons. The molecular weight excluding hydrogens is 468 g/mol. The summed E-state index contributed by atoms with van der Waals surface area (Å²) in [6.45, 7) is 4.82. The van der Waals surface area contributed by atoms with E-state index in [1.165, 1.54) is 5.56 Å². The van der Waals surface area contributed by atoms with Crippen molar-refractivity contribution in [2.75, 3.05) is 7.11 Å². The van der Waals surface area contributed by atoms with Crippen LogP contribution >= 0.6 is 12.2 Å². The Balaban J connectivity index is 1.57. The lowest BCUT2D eigenvalue weighted by Crippen LogP contribution is -2.45. The molecule has 1 unspecified atom stereocenters. The summed E-state index contributed by atoms with van der Waals surface area (Å²) in [5.74, 6) is 1.85. The molecule has 4 aromatic rings. The van der Waals surface area contributed by atoms with Crippen molar-refractivity contribution in [2.24, 2.45) is 0 Å². The van der Waals surface area contributed by atoms with Crippen LogP contribution in [0.15, 0.2) is 89.1 Å². The Morgan fingerprint density at radius 1 is 0.972 bits per heavy atom. The quantitative estimate of drug-likeness (QED) is 0.307. The van der Waals surface area contributed by atoms with Gasteiger partial charge in [0.05, 0.1) is 18.7 Å². The molecule has 2 heterocycles. The van der Waals surface area contributed by atoms with Gasteiger partial charge in [0.15, 0.2) is 5.11 Å². The first-order chi connectivity index (χ1) is 17.6. The van der Waals surface area contributed by atoms with Gasteiger partial charge in [-0.3, -0.25) is 0 Å². The number of thiocarbonyl (C=S) groups is 1. The molecule has 182 valence electrons. The van der Waals surface area contributed by atoms with Crippen molar-refractivity contribution in [2.45, 2.75) is 32.9 Å². The Labute approximate surface area is 216 Å². The number of aryl methyl sites for hydroxylation is 1. The van der Waals surface area contributed by atoms with E-state index in [4.69, 9.17) is 26.5 Å². The normalized spacial score (nSPS) is 15.7. The number of benzene rings is 3. The van der Waals surface area contributed by atoms with Crippen molar-refractivity contribution in [3.8, 4) is 17.1 Å². The molecule has 3 aromatic carbocycles. The van der Waals surface area contributed by atoms with Gasteiger partial charge in [-0.05, 0) is 54.4 Å². The highest BCUT2D eigenvalue weighted by atomic mass is 32.1. The first-order valence-corrected chi connectivity index (χ1v) is 12.4. The van der Waals surface area contributed by atoms with Crippen molar-refractivity contribution in [3.63, 3.8) is 0 Å². The highest BCUT2D eigenvalue weighted by Gasteiger charge is 2.34. The average Bonchev–Trinajstić information content (AvgIpc) is 3.41. The predicted molar refractivity (Wildman–Crippen MR) is 145 cm³/mol. The molecule has 6 nitrogen and oxygen atoms in total. The van der Waals surface area contributed by atoms with E-state index >= 15 is 0 Å². The first-order valence-electron chi connectivity index (χ1n) is 12.0. The van der Waals surface area contributed by atoms with Gasteiger partial charge in [0.2, 0.25) is 5.82 Å². The van der Waals surface area contributed by atoms with Crippen LogP contribution in [0.4, 0.5) is 0 Å². The molecular formula is C29H28N4O2S. The Hall–Kier alpha value is -3.97. The van der Waals surface area contributed by atoms with E-state index < -0.39 is 0 Å². The highest BCUT2D eigenvalue weighted by Crippen LogP contribution is 2.38. The molecule has 0 aliphatic carbocycles. The molecule has 5 rings (SSSR count). The molecule has 0 fully saturated rings. The molecule has 7 heteroatoms. The largest absolute Gasteiger partial charge is 0.497 e. The van der Waals surface area contributed by atoms with Crippen LogP contribution in [0.5, 0.6) is 5.75 Å². The zero-order chi connectivity index (χ0) is 25.1. The number of ether oxygens (including phenoxy) is 1. The van der Waals surface area contributed by atoms with Crippen LogP contribution in [0.1, 0.15) is 42.5 Å². The smallest absolute Gasteiger partial charge is 0.258 e. The third-order valence-corrected chi connectivity index (χ3v) is 6.84. The Bertz CT molecular complexity index is 1380. The summed E-state index contributed by atoms with van der Waals surface area (Å²) in [5.41, 5.74) is 6.28. The van der Waals surface area contributed by atoms with Crippen LogP contribution in [-0.4, -0.2) is 27.3 Å². The van der Waals surface area contributed by atoms with Gasteiger partial charge in [-0.2, -0.15) is 4.98 Å². The summed E-state index contributed by atoms with van der Waals surface area (Å²) >= 11 is 5.85. The zero-order valence-electron chi connectivity index (χ0n) is 20.6. The lowest BCUT2D eigenvalue weighted by Gasteiger charge is -2.37. The maximum atomic E-state index is 5.85. The number of hydrogen-bond acceptors (Lipinski definition) is 5. The van der Waals surface area contributed by atoms with Gasteiger partial charge in [-0.25, -0.2) is 0 Å². The maximum Gasteiger partial charge on any atom is 0.258 e. The van der Waals surface area contributed by atoms with E-state index in [2.05, 4.69) is 53.5 Å². The van der Waals surface area contributed by atoms with Crippen LogP contribution in [0.2, 0.25) is 0 Å². The Morgan fingerprint density at radius 2 is 1.67 bits per heavy atom. The van der Waals surface area contributed by atoms with E-state index in [0.717, 1.165) is 40.1 Å². The fraction of sp³-hybridized carbons (Fsp3) is 0.207. The highest BCUT2D eigenvalue weighted by molar-refractivity contribution is 7.80. The van der Waals surface area contributed by atoms with Gasteiger partial charge in [-0.1, -0.05) is 78.8 Å². The van der Waals surface area contributed by atoms with Crippen molar-refractivity contribution in [1.29, 1.82) is 0 Å². The number of nitrogens with one attached hydrogen (secondary N) is 1. The number of rotatable bonds is 7. The third-order valence-electron chi connectivity index (χ3n) is 6.51. The van der Waals surface area contributed by atoms with E-state index in [9.17, 15) is 0 Å². The minimum absolute atomic E-state index is 0.209. The molecule has 1 N–H and O–H groups in total. The SMILES string of the molecule is CCc1ccc(C2NC(=S)N(Cc3ccc(OC)cc3)C(C)=C2c2nc(-c3ccccc3)no2)cc1. The van der Waals surface area contributed by atoms with E-state index in [-0.39, 0.29) is 6.04 Å². The van der Waals surface area contributed by atoms with Gasteiger partial charge in [0.25, 0.3) is 5.89 Å². The molecule has 1 aliphatic heterocycles. The van der Waals surface area contributed by atoms with E-state index in [1.54, 1.807) is 7.11 Å². The number of hydrogen-bond donors (Lipinski definition) is 1. The number of allylic oxidation sites excluding steroid dienone is 1. The standard InChI is InChI=1S/C29H28N4O2S/c1-4-20-10-14-22(15-11-20)26-25(28-31-27(32-35-28)23-8-6-5-7-9-23)19(2)33(29(36)30-26)18-21-12-16-24(34-3)17-13-21/h5-17,26H,4,18H2,1-3H3,(H,30,36). The molecule has 1 aliphatic rings. The van der Waals surface area contributed by atoms with Crippen molar-refractivity contribution in [3.05, 3.63) is 107 Å². The fourth-order valence-corrected chi connectivity index (χ4v) is 4.71.